The summed E-state index contributed by atoms with van der Waals surface area (Å²) < 4.78 is 20.5. The number of benzene rings is 1. The Labute approximate surface area is 203 Å². The molecule has 9 heteroatoms. The zero-order valence-electron chi connectivity index (χ0n) is 19.4. The van der Waals surface area contributed by atoms with Gasteiger partial charge in [-0.2, -0.15) is 0 Å². The molecule has 1 unspecified atom stereocenters. The van der Waals surface area contributed by atoms with Crippen LogP contribution < -0.4 is 10.5 Å². The van der Waals surface area contributed by atoms with Crippen LogP contribution in [0.25, 0.3) is 5.57 Å². The van der Waals surface area contributed by atoms with Crippen LogP contribution in [0, 0.1) is 5.82 Å². The third kappa shape index (κ3) is 4.36. The number of halogens is 2. The smallest absolute Gasteiger partial charge is 0.258 e. The van der Waals surface area contributed by atoms with Crippen molar-refractivity contribution in [3.63, 3.8) is 0 Å². The maximum atomic E-state index is 14.2. The summed E-state index contributed by atoms with van der Waals surface area (Å²) in [5.74, 6) is 0.0512. The second-order valence-corrected chi connectivity index (χ2v) is 10.1. The van der Waals surface area contributed by atoms with Gasteiger partial charge >= 0.3 is 0 Å². The lowest BCUT2D eigenvalue weighted by molar-refractivity contribution is 0.0300. The summed E-state index contributed by atoms with van der Waals surface area (Å²) in [6.45, 7) is 4.97. The third-order valence-electron chi connectivity index (χ3n) is 7.09. The first-order chi connectivity index (χ1) is 16.3. The maximum Gasteiger partial charge on any atom is 0.258 e. The first-order valence-electron chi connectivity index (χ1n) is 11.8. The summed E-state index contributed by atoms with van der Waals surface area (Å²) in [5, 5.41) is 0.426. The predicted molar refractivity (Wildman–Crippen MR) is 128 cm³/mol. The lowest BCUT2D eigenvalue weighted by atomic mass is 9.98. The normalized spacial score (nSPS) is 24.9. The molecule has 180 valence electrons. The number of ether oxygens (including phenoxy) is 1. The van der Waals surface area contributed by atoms with Crippen molar-refractivity contribution in [2.75, 3.05) is 13.1 Å². The van der Waals surface area contributed by atoms with Gasteiger partial charge in [0.05, 0.1) is 23.7 Å². The fourth-order valence-corrected chi connectivity index (χ4v) is 5.80. The molecule has 0 radical (unpaired) electrons. The van der Waals surface area contributed by atoms with Crippen molar-refractivity contribution in [1.29, 1.82) is 0 Å². The predicted octanol–water partition coefficient (Wildman–Crippen LogP) is 3.88. The van der Waals surface area contributed by atoms with E-state index in [1.54, 1.807) is 4.90 Å². The summed E-state index contributed by atoms with van der Waals surface area (Å²) in [5.41, 5.74) is 7.77. The molecule has 2 bridgehead atoms. The van der Waals surface area contributed by atoms with Crippen LogP contribution in [0.5, 0.6) is 5.75 Å². The molecule has 1 aromatic heterocycles. The van der Waals surface area contributed by atoms with Crippen molar-refractivity contribution < 1.29 is 13.9 Å². The van der Waals surface area contributed by atoms with Crippen molar-refractivity contribution in [3.8, 4) is 5.75 Å². The lowest BCUT2D eigenvalue weighted by Gasteiger charge is -2.41. The van der Waals surface area contributed by atoms with Crippen molar-refractivity contribution in [3.05, 3.63) is 58.5 Å². The number of piperidine rings is 1. The minimum Gasteiger partial charge on any atom is -0.489 e. The average molecular weight is 486 g/mol. The van der Waals surface area contributed by atoms with Gasteiger partial charge in [0.2, 0.25) is 0 Å². The second kappa shape index (κ2) is 9.15. The van der Waals surface area contributed by atoms with Gasteiger partial charge in [0.25, 0.3) is 5.91 Å². The van der Waals surface area contributed by atoms with E-state index in [0.29, 0.717) is 51.6 Å². The Hall–Kier alpha value is -2.71. The van der Waals surface area contributed by atoms with E-state index in [2.05, 4.69) is 28.7 Å². The zero-order chi connectivity index (χ0) is 24.0. The molecule has 1 amide bonds. The van der Waals surface area contributed by atoms with E-state index >= 15 is 0 Å². The molecule has 5 rings (SSSR count). The van der Waals surface area contributed by atoms with Gasteiger partial charge < -0.3 is 15.4 Å². The van der Waals surface area contributed by atoms with Crippen LogP contribution >= 0.6 is 11.6 Å². The van der Waals surface area contributed by atoms with Gasteiger partial charge in [0, 0.05) is 47.9 Å². The SMILES string of the molecule is CC(C)N1[C@@H]2CC[C@H]1CC(Oc1cc(F)ccc1C(=O)N1CC(N)=C(c3ncc(Cl)cn3)C1)C2. The average Bonchev–Trinajstić information content (AvgIpc) is 3.31. The van der Waals surface area contributed by atoms with Crippen LogP contribution in [0.4, 0.5) is 4.39 Å². The molecule has 34 heavy (non-hydrogen) atoms. The van der Waals surface area contributed by atoms with Crippen LogP contribution in [-0.4, -0.2) is 63.0 Å². The molecular formula is C25H29ClFN5O2. The first-order valence-corrected chi connectivity index (χ1v) is 12.2. The number of amides is 1. The Kier molecular flexibility index (Phi) is 6.20. The minimum absolute atomic E-state index is 0.0411. The second-order valence-electron chi connectivity index (χ2n) is 9.67. The standard InChI is InChI=1S/C25H29ClFN5O2/c1-14(2)32-17-4-5-18(32)9-19(8-17)34-23-7-16(27)3-6-20(23)25(33)31-12-21(22(28)13-31)24-29-10-15(26)11-30-24/h3,6-7,10-11,14,17-19H,4-5,8-9,12-13,28H2,1-2H3/t17-,18+,19?. The van der Waals surface area contributed by atoms with Crippen molar-refractivity contribution in [2.45, 2.75) is 63.8 Å². The molecule has 3 aliphatic heterocycles. The number of nitrogens with zero attached hydrogens (tertiary/aromatic N) is 4. The van der Waals surface area contributed by atoms with Crippen molar-refractivity contribution >= 4 is 23.1 Å². The molecule has 1 aromatic carbocycles. The van der Waals surface area contributed by atoms with Crippen LogP contribution in [0.3, 0.4) is 0 Å². The number of aromatic nitrogens is 2. The maximum absolute atomic E-state index is 14.2. The van der Waals surface area contributed by atoms with E-state index in [0.717, 1.165) is 25.7 Å². The molecule has 2 N–H and O–H groups in total. The molecule has 0 aliphatic carbocycles. The number of carbonyl (C=O) groups excluding carboxylic acids is 1. The monoisotopic (exact) mass is 485 g/mol. The van der Waals surface area contributed by atoms with E-state index in [-0.39, 0.29) is 25.1 Å². The van der Waals surface area contributed by atoms with Crippen LogP contribution in [0.2, 0.25) is 5.02 Å². The highest BCUT2D eigenvalue weighted by Crippen LogP contribution is 2.39. The summed E-state index contributed by atoms with van der Waals surface area (Å²) in [4.78, 5) is 26.1. The lowest BCUT2D eigenvalue weighted by Crippen LogP contribution is -2.49. The van der Waals surface area contributed by atoms with Crippen LogP contribution in [-0.2, 0) is 0 Å². The first kappa shape index (κ1) is 23.1. The zero-order valence-corrected chi connectivity index (χ0v) is 20.1. The number of nitrogens with two attached hydrogens (primary N) is 1. The molecule has 2 aromatic rings. The fourth-order valence-electron chi connectivity index (χ4n) is 5.70. The molecule has 4 heterocycles. The van der Waals surface area contributed by atoms with E-state index in [4.69, 9.17) is 22.1 Å². The minimum atomic E-state index is -0.427. The molecule has 3 aliphatic rings. The van der Waals surface area contributed by atoms with Gasteiger partial charge in [-0.05, 0) is 51.7 Å². The quantitative estimate of drug-likeness (QED) is 0.692. The van der Waals surface area contributed by atoms with Gasteiger partial charge in [-0.3, -0.25) is 9.69 Å². The van der Waals surface area contributed by atoms with Gasteiger partial charge in [0.1, 0.15) is 17.7 Å². The van der Waals surface area contributed by atoms with E-state index < -0.39 is 5.82 Å². The highest BCUT2D eigenvalue weighted by molar-refractivity contribution is 6.30. The summed E-state index contributed by atoms with van der Waals surface area (Å²) >= 11 is 5.89. The Balaban J connectivity index is 1.32. The highest BCUT2D eigenvalue weighted by atomic mass is 35.5. The van der Waals surface area contributed by atoms with Gasteiger partial charge in [-0.25, -0.2) is 14.4 Å². The van der Waals surface area contributed by atoms with E-state index in [9.17, 15) is 9.18 Å². The number of carbonyl (C=O) groups is 1. The summed E-state index contributed by atoms with van der Waals surface area (Å²) in [6.07, 6.45) is 7.04. The molecule has 2 saturated heterocycles. The number of fused-ring (bicyclic) bond motifs is 2. The summed E-state index contributed by atoms with van der Waals surface area (Å²) in [7, 11) is 0. The Morgan fingerprint density at radius 3 is 2.50 bits per heavy atom. The molecule has 3 atom stereocenters. The molecule has 0 spiro atoms. The number of hydrogen-bond acceptors (Lipinski definition) is 6. The fraction of sp³-hybridized carbons (Fsp3) is 0.480. The van der Waals surface area contributed by atoms with Gasteiger partial charge in [-0.1, -0.05) is 11.6 Å². The third-order valence-corrected chi connectivity index (χ3v) is 7.28. The Bertz CT molecular complexity index is 1110. The largest absolute Gasteiger partial charge is 0.489 e. The molecule has 0 saturated carbocycles. The Morgan fingerprint density at radius 2 is 1.85 bits per heavy atom. The van der Waals surface area contributed by atoms with E-state index in [1.165, 1.54) is 30.6 Å². The number of rotatable bonds is 5. The molecule has 2 fully saturated rings. The van der Waals surface area contributed by atoms with Crippen LogP contribution in [0.15, 0.2) is 36.3 Å². The molecular weight excluding hydrogens is 457 g/mol. The van der Waals surface area contributed by atoms with E-state index in [1.807, 2.05) is 0 Å². The number of hydrogen-bond donors (Lipinski definition) is 1. The van der Waals surface area contributed by atoms with Gasteiger partial charge in [-0.15, -0.1) is 0 Å². The topological polar surface area (TPSA) is 84.6 Å². The van der Waals surface area contributed by atoms with Crippen LogP contribution in [0.1, 0.15) is 55.7 Å². The van der Waals surface area contributed by atoms with Crippen molar-refractivity contribution in [2.24, 2.45) is 5.73 Å². The molecule has 7 nitrogen and oxygen atoms in total. The van der Waals surface area contributed by atoms with Gasteiger partial charge in [0.15, 0.2) is 5.82 Å². The summed E-state index contributed by atoms with van der Waals surface area (Å²) in [6, 6.07) is 5.55. The van der Waals surface area contributed by atoms with Crippen molar-refractivity contribution in [1.82, 2.24) is 19.8 Å². The Morgan fingerprint density at radius 1 is 1.18 bits per heavy atom. The highest BCUT2D eigenvalue weighted by Gasteiger charge is 2.43.